The Morgan fingerprint density at radius 1 is 1.17 bits per heavy atom. The van der Waals surface area contributed by atoms with Crippen LogP contribution >= 0.6 is 11.3 Å². The average molecular weight is 415 g/mol. The number of anilines is 2. The number of rotatable bonds is 9. The van der Waals surface area contributed by atoms with E-state index in [4.69, 9.17) is 4.42 Å². The molecule has 0 saturated carbocycles. The number of non-ortho nitro benzene ring substituents is 1. The van der Waals surface area contributed by atoms with Crippen molar-refractivity contribution in [1.82, 2.24) is 10.3 Å². The zero-order valence-corrected chi connectivity index (χ0v) is 15.9. The lowest BCUT2D eigenvalue weighted by Crippen LogP contribution is -2.30. The molecule has 2 heterocycles. The van der Waals surface area contributed by atoms with Crippen LogP contribution in [0, 0.1) is 10.1 Å². The molecule has 0 atom stereocenters. The summed E-state index contributed by atoms with van der Waals surface area (Å²) < 4.78 is 5.01. The lowest BCUT2D eigenvalue weighted by molar-refractivity contribution is -0.384. The van der Waals surface area contributed by atoms with E-state index < -0.39 is 10.8 Å². The van der Waals surface area contributed by atoms with Crippen molar-refractivity contribution in [2.75, 3.05) is 23.7 Å². The van der Waals surface area contributed by atoms with Gasteiger partial charge in [-0.1, -0.05) is 0 Å². The van der Waals surface area contributed by atoms with Crippen molar-refractivity contribution >= 4 is 39.7 Å². The normalized spacial score (nSPS) is 10.3. The molecule has 3 N–H and O–H groups in total. The number of nitro groups is 1. The largest absolute Gasteiger partial charge is 0.459 e. The Morgan fingerprint density at radius 3 is 2.66 bits per heavy atom. The molecule has 0 unspecified atom stereocenters. The average Bonchev–Trinajstić information content (AvgIpc) is 3.38. The molecule has 11 heteroatoms. The van der Waals surface area contributed by atoms with Crippen molar-refractivity contribution in [2.24, 2.45) is 0 Å². The van der Waals surface area contributed by atoms with Gasteiger partial charge in [-0.05, 0) is 24.3 Å². The molecule has 0 aliphatic rings. The van der Waals surface area contributed by atoms with Crippen molar-refractivity contribution in [3.63, 3.8) is 0 Å². The maximum atomic E-state index is 12.0. The van der Waals surface area contributed by atoms with Crippen LogP contribution in [0.5, 0.6) is 0 Å². The minimum Gasteiger partial charge on any atom is -0.459 e. The van der Waals surface area contributed by atoms with Crippen LogP contribution in [0.2, 0.25) is 0 Å². The summed E-state index contributed by atoms with van der Waals surface area (Å²) in [4.78, 5) is 38.3. The van der Waals surface area contributed by atoms with Gasteiger partial charge in [-0.25, -0.2) is 4.98 Å². The van der Waals surface area contributed by atoms with E-state index in [1.807, 2.05) is 0 Å². The Morgan fingerprint density at radius 2 is 1.97 bits per heavy atom. The molecule has 0 bridgehead atoms. The van der Waals surface area contributed by atoms with Crippen molar-refractivity contribution in [3.05, 3.63) is 69.6 Å². The third kappa shape index (κ3) is 5.87. The number of nitro benzene ring substituents is 1. The van der Waals surface area contributed by atoms with Crippen LogP contribution in [0.1, 0.15) is 16.2 Å². The molecule has 1 aromatic carbocycles. The third-order valence-electron chi connectivity index (χ3n) is 3.71. The fraction of sp³-hybridized carbons (Fsp3) is 0.167. The predicted octanol–water partition coefficient (Wildman–Crippen LogP) is 2.67. The number of carbonyl (C=O) groups is 2. The fourth-order valence-electron chi connectivity index (χ4n) is 2.35. The number of nitrogens with one attached hydrogen (secondary N) is 3. The number of furan rings is 1. The molecule has 29 heavy (non-hydrogen) atoms. The first-order chi connectivity index (χ1) is 14.0. The smallest absolute Gasteiger partial charge is 0.293 e. The first-order valence-corrected chi connectivity index (χ1v) is 9.43. The first-order valence-electron chi connectivity index (χ1n) is 8.55. The van der Waals surface area contributed by atoms with Crippen molar-refractivity contribution in [3.8, 4) is 0 Å². The minimum atomic E-state index is -0.462. The van der Waals surface area contributed by atoms with E-state index in [-0.39, 0.29) is 23.8 Å². The van der Waals surface area contributed by atoms with E-state index in [1.54, 1.807) is 29.6 Å². The molecule has 0 spiro atoms. The van der Waals surface area contributed by atoms with E-state index in [0.29, 0.717) is 23.9 Å². The highest BCUT2D eigenvalue weighted by Crippen LogP contribution is 2.17. The number of hydrogen-bond acceptors (Lipinski definition) is 8. The van der Waals surface area contributed by atoms with Crippen molar-refractivity contribution in [2.45, 2.75) is 6.42 Å². The van der Waals surface area contributed by atoms with Gasteiger partial charge < -0.3 is 15.1 Å². The number of amides is 2. The van der Waals surface area contributed by atoms with Crippen LogP contribution in [0.15, 0.2) is 52.5 Å². The van der Waals surface area contributed by atoms with Crippen LogP contribution in [0.4, 0.5) is 16.5 Å². The number of hydrogen-bond donors (Lipinski definition) is 3. The molecule has 2 amide bonds. The van der Waals surface area contributed by atoms with Crippen LogP contribution in [-0.2, 0) is 11.2 Å². The molecule has 2 aromatic heterocycles. The fourth-order valence-corrected chi connectivity index (χ4v) is 3.05. The van der Waals surface area contributed by atoms with Crippen LogP contribution < -0.4 is 16.0 Å². The lowest BCUT2D eigenvalue weighted by atomic mass is 10.3. The van der Waals surface area contributed by atoms with Gasteiger partial charge in [-0.15, -0.1) is 11.3 Å². The van der Waals surface area contributed by atoms with Gasteiger partial charge in [0.15, 0.2) is 10.9 Å². The number of thiazole rings is 1. The summed E-state index contributed by atoms with van der Waals surface area (Å²) >= 11 is 1.22. The molecule has 3 rings (SSSR count). The van der Waals surface area contributed by atoms with Crippen LogP contribution in [0.3, 0.4) is 0 Å². The second-order valence-electron chi connectivity index (χ2n) is 5.83. The maximum Gasteiger partial charge on any atom is 0.293 e. The highest BCUT2D eigenvalue weighted by molar-refractivity contribution is 7.14. The Bertz CT molecular complexity index is 985. The van der Waals surface area contributed by atoms with Gasteiger partial charge in [0.05, 0.1) is 23.3 Å². The van der Waals surface area contributed by atoms with E-state index in [0.717, 1.165) is 5.69 Å². The lowest BCUT2D eigenvalue weighted by Gasteiger charge is -2.07. The molecule has 10 nitrogen and oxygen atoms in total. The Kier molecular flexibility index (Phi) is 6.53. The summed E-state index contributed by atoms with van der Waals surface area (Å²) in [5, 5.41) is 21.1. The monoisotopic (exact) mass is 415 g/mol. The van der Waals surface area contributed by atoms with Crippen LogP contribution in [0.25, 0.3) is 0 Å². The Balaban J connectivity index is 1.38. The second kappa shape index (κ2) is 9.46. The predicted molar refractivity (Wildman–Crippen MR) is 107 cm³/mol. The van der Waals surface area contributed by atoms with Gasteiger partial charge in [0.25, 0.3) is 11.6 Å². The van der Waals surface area contributed by atoms with E-state index >= 15 is 0 Å². The van der Waals surface area contributed by atoms with Gasteiger partial charge >= 0.3 is 0 Å². The number of benzene rings is 1. The molecular weight excluding hydrogens is 398 g/mol. The Hall–Kier alpha value is -3.73. The molecular formula is C18H17N5O5S. The van der Waals surface area contributed by atoms with Gasteiger partial charge in [-0.2, -0.15) is 0 Å². The summed E-state index contributed by atoms with van der Waals surface area (Å²) in [6.45, 7) is 0.840. The second-order valence-corrected chi connectivity index (χ2v) is 6.69. The zero-order valence-electron chi connectivity index (χ0n) is 15.1. The molecule has 0 radical (unpaired) electrons. The number of carbonyl (C=O) groups excluding carboxylic acids is 2. The van der Waals surface area contributed by atoms with E-state index in [2.05, 4.69) is 20.9 Å². The summed E-state index contributed by atoms with van der Waals surface area (Å²) in [6, 6.07) is 9.18. The highest BCUT2D eigenvalue weighted by Gasteiger charge is 2.12. The Labute approximate surface area is 169 Å². The molecule has 0 fully saturated rings. The molecule has 0 aliphatic carbocycles. The topological polar surface area (TPSA) is 139 Å². The first kappa shape index (κ1) is 20.0. The SMILES string of the molecule is O=C(Cc1csc(NC(=O)c2ccco2)n1)NCCNc1ccc([N+](=O)[O-])cc1. The van der Waals surface area contributed by atoms with Gasteiger partial charge in [0.2, 0.25) is 5.91 Å². The standard InChI is InChI=1S/C18H17N5O5S/c24-16(20-8-7-19-12-3-5-14(6-4-12)23(26)27)10-13-11-29-18(21-13)22-17(25)15-2-1-9-28-15/h1-6,9,11,19H,7-8,10H2,(H,20,24)(H,21,22,25). The summed E-state index contributed by atoms with van der Waals surface area (Å²) in [5.74, 6) is -0.428. The molecule has 0 aliphatic heterocycles. The summed E-state index contributed by atoms with van der Waals surface area (Å²) in [5.41, 5.74) is 1.29. The van der Waals surface area contributed by atoms with Crippen molar-refractivity contribution < 1.29 is 18.9 Å². The number of aromatic nitrogens is 1. The molecule has 150 valence electrons. The van der Waals surface area contributed by atoms with E-state index in [9.17, 15) is 19.7 Å². The van der Waals surface area contributed by atoms with Crippen LogP contribution in [-0.4, -0.2) is 34.8 Å². The van der Waals surface area contributed by atoms with Gasteiger partial charge in [0.1, 0.15) is 0 Å². The maximum absolute atomic E-state index is 12.0. The summed E-state index contributed by atoms with van der Waals surface area (Å²) in [6.07, 6.45) is 1.49. The molecule has 3 aromatic rings. The number of nitrogens with zero attached hydrogens (tertiary/aromatic N) is 2. The third-order valence-corrected chi connectivity index (χ3v) is 4.52. The van der Waals surface area contributed by atoms with Gasteiger partial charge in [0, 0.05) is 36.3 Å². The van der Waals surface area contributed by atoms with Gasteiger partial charge in [-0.3, -0.25) is 25.0 Å². The van der Waals surface area contributed by atoms with Crippen molar-refractivity contribution in [1.29, 1.82) is 0 Å². The van der Waals surface area contributed by atoms with E-state index in [1.165, 1.54) is 29.7 Å². The zero-order chi connectivity index (χ0) is 20.6. The highest BCUT2D eigenvalue weighted by atomic mass is 32.1. The quantitative estimate of drug-likeness (QED) is 0.277. The minimum absolute atomic E-state index is 0.0202. The summed E-state index contributed by atoms with van der Waals surface area (Å²) in [7, 11) is 0. The molecule has 0 saturated heterocycles.